The highest BCUT2D eigenvalue weighted by Crippen LogP contribution is 2.21. The van der Waals surface area contributed by atoms with Crippen LogP contribution < -0.4 is 22.1 Å². The highest BCUT2D eigenvalue weighted by molar-refractivity contribution is 5.97. The Kier molecular flexibility index (Phi) is 19.0. The van der Waals surface area contributed by atoms with Gasteiger partial charge in [0.2, 0.25) is 17.7 Å². The molecule has 0 fully saturated rings. The second-order valence-corrected chi connectivity index (χ2v) is 8.91. The van der Waals surface area contributed by atoms with Crippen molar-refractivity contribution in [2.45, 2.75) is 98.1 Å². The number of carbonyl (C=O) groups excluding carboxylic acids is 4. The van der Waals surface area contributed by atoms with Gasteiger partial charge in [0.15, 0.2) is 0 Å². The van der Waals surface area contributed by atoms with Crippen LogP contribution in [0.3, 0.4) is 0 Å². The smallest absolute Gasteiger partial charge is 0.408 e. The lowest BCUT2D eigenvalue weighted by molar-refractivity contribution is -0.120. The number of hydrogen-bond donors (Lipinski definition) is 4. The number of benzene rings is 1. The zero-order chi connectivity index (χ0) is 29.0. The molecule has 0 heterocycles. The van der Waals surface area contributed by atoms with Gasteiger partial charge in [-0.3, -0.25) is 14.4 Å². The van der Waals surface area contributed by atoms with Crippen molar-refractivity contribution in [3.63, 3.8) is 0 Å². The number of rotatable bonds is 12. The Morgan fingerprint density at radius 1 is 1.05 bits per heavy atom. The van der Waals surface area contributed by atoms with Crippen LogP contribution in [0.4, 0.5) is 14.9 Å². The van der Waals surface area contributed by atoms with Crippen molar-refractivity contribution >= 4 is 29.5 Å². The summed E-state index contributed by atoms with van der Waals surface area (Å²) in [5.41, 5.74) is 9.84. The van der Waals surface area contributed by atoms with Crippen molar-refractivity contribution < 1.29 is 28.3 Å². The Hall–Kier alpha value is -3.43. The molecule has 0 radical (unpaired) electrons. The Bertz CT molecular complexity index is 869. The van der Waals surface area contributed by atoms with Gasteiger partial charge >= 0.3 is 6.09 Å². The van der Waals surface area contributed by atoms with E-state index in [9.17, 15) is 23.6 Å². The maximum Gasteiger partial charge on any atom is 0.408 e. The van der Waals surface area contributed by atoms with E-state index in [2.05, 4.69) is 17.2 Å². The quantitative estimate of drug-likeness (QED) is 0.230. The molecule has 4 amide bonds. The molecule has 1 rings (SSSR count). The molecule has 6 N–H and O–H groups in total. The SMILES string of the molecule is C=CC.CC.CC(C)(C)OC(=O)NC(CCC(N)=O)C(=O)Nc1cccc(CCCCCC(N)=O)c1F. The summed E-state index contributed by atoms with van der Waals surface area (Å²) in [6.07, 6.45) is 3.41. The molecule has 1 atom stereocenters. The van der Waals surface area contributed by atoms with E-state index in [0.717, 1.165) is 0 Å². The van der Waals surface area contributed by atoms with Gasteiger partial charge in [-0.2, -0.15) is 0 Å². The summed E-state index contributed by atoms with van der Waals surface area (Å²) in [5, 5.41) is 4.86. The number of primary amides is 2. The van der Waals surface area contributed by atoms with Gasteiger partial charge in [0.05, 0.1) is 5.69 Å². The number of carbonyl (C=O) groups is 4. The van der Waals surface area contributed by atoms with Crippen LogP contribution >= 0.6 is 0 Å². The van der Waals surface area contributed by atoms with Crippen molar-refractivity contribution in [3.05, 3.63) is 42.2 Å². The highest BCUT2D eigenvalue weighted by atomic mass is 19.1. The number of aryl methyl sites for hydroxylation is 1. The predicted octanol–water partition coefficient (Wildman–Crippen LogP) is 4.73. The van der Waals surface area contributed by atoms with Crippen molar-refractivity contribution in [2.75, 3.05) is 5.32 Å². The third-order valence-corrected chi connectivity index (χ3v) is 4.39. The normalized spacial score (nSPS) is 10.9. The molecule has 210 valence electrons. The molecule has 9 nitrogen and oxygen atoms in total. The second kappa shape index (κ2) is 19.7. The standard InChI is InChI=1S/C22H33FN4O5.C3H6.C2H6/c1-22(2,3)32-21(31)27-16(12-13-18(25)29)20(30)26-15-10-7-9-14(19(15)23)8-5-4-6-11-17(24)28;1-3-2;1-2/h7,9-10,16H,4-6,8,11-13H2,1-3H3,(H2,24,28)(H2,25,29)(H,26,30)(H,27,31);3H,1H2,2H3;1-2H3. The van der Waals surface area contributed by atoms with Crippen LogP contribution in [0.25, 0.3) is 0 Å². The number of alkyl carbamates (subject to hydrolysis) is 1. The van der Waals surface area contributed by atoms with Gasteiger partial charge in [-0.15, -0.1) is 6.58 Å². The highest BCUT2D eigenvalue weighted by Gasteiger charge is 2.25. The number of nitrogens with two attached hydrogens (primary N) is 2. The minimum absolute atomic E-state index is 0.0419. The predicted molar refractivity (Wildman–Crippen MR) is 145 cm³/mol. The number of halogens is 1. The van der Waals surface area contributed by atoms with Crippen molar-refractivity contribution in [2.24, 2.45) is 11.5 Å². The zero-order valence-electron chi connectivity index (χ0n) is 23.1. The first-order chi connectivity index (χ1) is 17.3. The molecule has 0 aliphatic rings. The lowest BCUT2D eigenvalue weighted by Gasteiger charge is -2.23. The summed E-state index contributed by atoms with van der Waals surface area (Å²) < 4.78 is 20.0. The van der Waals surface area contributed by atoms with Gasteiger partial charge in [-0.05, 0) is 65.0 Å². The van der Waals surface area contributed by atoms with Crippen LogP contribution in [0.1, 0.15) is 85.6 Å². The van der Waals surface area contributed by atoms with Gasteiger partial charge in [0.25, 0.3) is 0 Å². The summed E-state index contributed by atoms with van der Waals surface area (Å²) in [7, 11) is 0. The van der Waals surface area contributed by atoms with Gasteiger partial charge < -0.3 is 26.8 Å². The minimum Gasteiger partial charge on any atom is -0.444 e. The number of nitrogens with one attached hydrogen (secondary N) is 2. The molecule has 10 heteroatoms. The minimum atomic E-state index is -1.14. The van der Waals surface area contributed by atoms with Crippen molar-refractivity contribution in [1.29, 1.82) is 0 Å². The molecule has 0 aliphatic heterocycles. The molecule has 37 heavy (non-hydrogen) atoms. The molecule has 1 unspecified atom stereocenters. The van der Waals surface area contributed by atoms with Crippen LogP contribution in [0.15, 0.2) is 30.9 Å². The van der Waals surface area contributed by atoms with E-state index < -0.39 is 35.4 Å². The monoisotopic (exact) mass is 524 g/mol. The Balaban J connectivity index is 0. The van der Waals surface area contributed by atoms with Crippen LogP contribution in [0.5, 0.6) is 0 Å². The van der Waals surface area contributed by atoms with Gasteiger partial charge in [0, 0.05) is 12.8 Å². The molecular formula is C27H45FN4O5. The van der Waals surface area contributed by atoms with E-state index in [1.807, 2.05) is 20.8 Å². The number of unbranched alkanes of at least 4 members (excludes halogenated alkanes) is 2. The number of hydrogen-bond acceptors (Lipinski definition) is 5. The fraction of sp³-hybridized carbons (Fsp3) is 0.556. The first-order valence-corrected chi connectivity index (χ1v) is 12.5. The molecule has 0 spiro atoms. The van der Waals surface area contributed by atoms with Crippen molar-refractivity contribution in [3.8, 4) is 0 Å². The average molecular weight is 525 g/mol. The number of anilines is 1. The van der Waals surface area contributed by atoms with E-state index in [1.54, 1.807) is 39.0 Å². The topological polar surface area (TPSA) is 154 Å². The van der Waals surface area contributed by atoms with Crippen LogP contribution in [0.2, 0.25) is 0 Å². The largest absolute Gasteiger partial charge is 0.444 e. The first-order valence-electron chi connectivity index (χ1n) is 12.5. The Morgan fingerprint density at radius 2 is 1.62 bits per heavy atom. The number of allylic oxidation sites excluding steroid dienone is 1. The van der Waals surface area contributed by atoms with Crippen LogP contribution in [-0.2, 0) is 25.5 Å². The van der Waals surface area contributed by atoms with Gasteiger partial charge in [-0.25, -0.2) is 9.18 Å². The molecule has 1 aromatic rings. The first kappa shape index (κ1) is 35.7. The molecule has 0 saturated carbocycles. The fourth-order valence-corrected chi connectivity index (χ4v) is 2.89. The summed E-state index contributed by atoms with van der Waals surface area (Å²) in [4.78, 5) is 46.7. The van der Waals surface area contributed by atoms with E-state index in [0.29, 0.717) is 31.2 Å². The van der Waals surface area contributed by atoms with Gasteiger partial charge in [0.1, 0.15) is 17.5 Å². The van der Waals surface area contributed by atoms with E-state index in [-0.39, 0.29) is 30.9 Å². The summed E-state index contributed by atoms with van der Waals surface area (Å²) in [5.74, 6) is -2.29. The summed E-state index contributed by atoms with van der Waals surface area (Å²) in [6, 6.07) is 3.48. The maximum atomic E-state index is 14.9. The third kappa shape index (κ3) is 18.5. The van der Waals surface area contributed by atoms with Crippen LogP contribution in [0, 0.1) is 5.82 Å². The fourth-order valence-electron chi connectivity index (χ4n) is 2.89. The molecule has 0 bridgehead atoms. The third-order valence-electron chi connectivity index (χ3n) is 4.39. The lowest BCUT2D eigenvalue weighted by Crippen LogP contribution is -2.46. The van der Waals surface area contributed by atoms with E-state index >= 15 is 0 Å². The molecule has 0 saturated heterocycles. The molecule has 0 aromatic heterocycles. The molecular weight excluding hydrogens is 479 g/mol. The zero-order valence-corrected chi connectivity index (χ0v) is 23.1. The average Bonchev–Trinajstić information content (AvgIpc) is 2.79. The maximum absolute atomic E-state index is 14.9. The summed E-state index contributed by atoms with van der Waals surface area (Å²) >= 11 is 0. The van der Waals surface area contributed by atoms with Gasteiger partial charge in [-0.1, -0.05) is 38.5 Å². The van der Waals surface area contributed by atoms with E-state index in [1.165, 1.54) is 6.07 Å². The number of ether oxygens (including phenoxy) is 1. The Labute approximate surface area is 220 Å². The Morgan fingerprint density at radius 3 is 2.14 bits per heavy atom. The van der Waals surface area contributed by atoms with Crippen LogP contribution in [-0.4, -0.2) is 35.5 Å². The second-order valence-electron chi connectivity index (χ2n) is 8.91. The van der Waals surface area contributed by atoms with Crippen molar-refractivity contribution in [1.82, 2.24) is 5.32 Å². The van der Waals surface area contributed by atoms with E-state index in [4.69, 9.17) is 16.2 Å². The molecule has 1 aromatic carbocycles. The number of amides is 4. The lowest BCUT2D eigenvalue weighted by atomic mass is 10.0. The molecule has 0 aliphatic carbocycles. The summed E-state index contributed by atoms with van der Waals surface area (Å²) in [6.45, 7) is 14.2.